The Morgan fingerprint density at radius 2 is 2.12 bits per heavy atom. The van der Waals surface area contributed by atoms with E-state index < -0.39 is 20.9 Å². The molecule has 0 spiro atoms. The van der Waals surface area contributed by atoms with E-state index in [4.69, 9.17) is 0 Å². The van der Waals surface area contributed by atoms with Crippen LogP contribution in [0.4, 0.5) is 0 Å². The average molecular weight is 247 g/mol. The van der Waals surface area contributed by atoms with Gasteiger partial charge >= 0.3 is 10.1 Å². The van der Waals surface area contributed by atoms with Gasteiger partial charge in [-0.3, -0.25) is 4.79 Å². The molecule has 1 N–H and O–H groups in total. The number of hydrogen-bond acceptors (Lipinski definition) is 4. The van der Waals surface area contributed by atoms with Crippen LogP contribution in [0.3, 0.4) is 0 Å². The molecule has 0 rings (SSSR count). The van der Waals surface area contributed by atoms with E-state index >= 15 is 0 Å². The van der Waals surface area contributed by atoms with Crippen LogP contribution in [0.2, 0.25) is 0 Å². The summed E-state index contributed by atoms with van der Waals surface area (Å²) in [5.74, 6) is -0.558. The van der Waals surface area contributed by atoms with Crippen molar-refractivity contribution in [1.82, 2.24) is 5.32 Å². The summed E-state index contributed by atoms with van der Waals surface area (Å²) in [6.07, 6.45) is 3.71. The predicted molar refractivity (Wildman–Crippen MR) is 61.9 cm³/mol. The molecule has 0 saturated carbocycles. The lowest BCUT2D eigenvalue weighted by Crippen LogP contribution is -2.51. The molecule has 0 aliphatic rings. The smallest absolute Gasteiger partial charge is 0.332 e. The molecule has 16 heavy (non-hydrogen) atoms. The second-order valence-corrected chi connectivity index (χ2v) is 5.30. The molecule has 0 aliphatic heterocycles. The Kier molecular flexibility index (Phi) is 5.23. The standard InChI is InChI=1S/C10H17NO4S/c1-5-8-15-16(13,14)10(4,7-3)11-9(12)6-2/h5-6,8H,2,7H2,1,3-4H3,(H,11,12)/b8-5+. The fraction of sp³-hybridized carbons (Fsp3) is 0.500. The van der Waals surface area contributed by atoms with Gasteiger partial charge in [0.05, 0.1) is 0 Å². The van der Waals surface area contributed by atoms with Crippen molar-refractivity contribution in [3.8, 4) is 0 Å². The van der Waals surface area contributed by atoms with E-state index in [-0.39, 0.29) is 6.42 Å². The second-order valence-electron chi connectivity index (χ2n) is 3.30. The van der Waals surface area contributed by atoms with Gasteiger partial charge < -0.3 is 9.50 Å². The van der Waals surface area contributed by atoms with Crippen LogP contribution in [-0.4, -0.2) is 19.2 Å². The molecule has 1 atom stereocenters. The normalized spacial score (nSPS) is 15.4. The number of carbonyl (C=O) groups excluding carboxylic acids is 1. The molecule has 0 radical (unpaired) electrons. The van der Waals surface area contributed by atoms with Crippen LogP contribution in [0.1, 0.15) is 27.2 Å². The van der Waals surface area contributed by atoms with E-state index in [0.717, 1.165) is 12.3 Å². The highest BCUT2D eigenvalue weighted by Gasteiger charge is 2.40. The summed E-state index contributed by atoms with van der Waals surface area (Å²) in [5.41, 5.74) is 0. The molecular weight excluding hydrogens is 230 g/mol. The topological polar surface area (TPSA) is 72.5 Å². The van der Waals surface area contributed by atoms with Crippen molar-refractivity contribution in [3.63, 3.8) is 0 Å². The number of allylic oxidation sites excluding steroid dienone is 1. The fourth-order valence-electron chi connectivity index (χ4n) is 0.874. The Morgan fingerprint density at radius 1 is 1.56 bits per heavy atom. The number of amides is 1. The molecule has 92 valence electrons. The van der Waals surface area contributed by atoms with Crippen molar-refractivity contribution in [2.24, 2.45) is 0 Å². The van der Waals surface area contributed by atoms with Gasteiger partial charge in [0.25, 0.3) is 0 Å². The summed E-state index contributed by atoms with van der Waals surface area (Å²) in [5, 5.41) is 2.34. The highest BCUT2D eigenvalue weighted by Crippen LogP contribution is 2.20. The third kappa shape index (κ3) is 3.37. The zero-order valence-electron chi connectivity index (χ0n) is 9.69. The molecule has 0 saturated heterocycles. The quantitative estimate of drug-likeness (QED) is 0.436. The van der Waals surface area contributed by atoms with Gasteiger partial charge in [0.2, 0.25) is 5.91 Å². The van der Waals surface area contributed by atoms with Crippen LogP contribution in [0, 0.1) is 0 Å². The Morgan fingerprint density at radius 3 is 2.50 bits per heavy atom. The first kappa shape index (κ1) is 14.7. The summed E-state index contributed by atoms with van der Waals surface area (Å²) in [6, 6.07) is 0. The maximum Gasteiger partial charge on any atom is 0.332 e. The lowest BCUT2D eigenvalue weighted by atomic mass is 10.2. The SMILES string of the molecule is C=CC(=O)NC(C)(CC)S(=O)(=O)O/C=C/C. The van der Waals surface area contributed by atoms with E-state index in [9.17, 15) is 13.2 Å². The zero-order valence-corrected chi connectivity index (χ0v) is 10.5. The van der Waals surface area contributed by atoms with Gasteiger partial charge in [-0.15, -0.1) is 0 Å². The van der Waals surface area contributed by atoms with Crippen LogP contribution in [0.5, 0.6) is 0 Å². The Balaban J connectivity index is 5.07. The van der Waals surface area contributed by atoms with E-state index in [1.807, 2.05) is 0 Å². The third-order valence-corrected chi connectivity index (χ3v) is 3.98. The summed E-state index contributed by atoms with van der Waals surface area (Å²) in [4.78, 5) is 9.68. The molecule has 6 heteroatoms. The largest absolute Gasteiger partial charge is 0.389 e. The van der Waals surface area contributed by atoms with E-state index in [0.29, 0.717) is 0 Å². The molecule has 0 fully saturated rings. The molecule has 0 heterocycles. The highest BCUT2D eigenvalue weighted by molar-refractivity contribution is 7.88. The number of rotatable bonds is 6. The lowest BCUT2D eigenvalue weighted by molar-refractivity contribution is -0.117. The number of carbonyl (C=O) groups is 1. The van der Waals surface area contributed by atoms with Crippen molar-refractivity contribution in [2.75, 3.05) is 0 Å². The minimum atomic E-state index is -3.91. The minimum absolute atomic E-state index is 0.187. The first-order valence-corrected chi connectivity index (χ1v) is 6.22. The van der Waals surface area contributed by atoms with Crippen molar-refractivity contribution >= 4 is 16.0 Å². The van der Waals surface area contributed by atoms with Crippen LogP contribution in [0.15, 0.2) is 25.0 Å². The van der Waals surface area contributed by atoms with E-state index in [1.54, 1.807) is 13.8 Å². The van der Waals surface area contributed by atoms with Gasteiger partial charge in [0, 0.05) is 0 Å². The van der Waals surface area contributed by atoms with Crippen LogP contribution in [0.25, 0.3) is 0 Å². The molecule has 0 aromatic carbocycles. The Labute approximate surface area is 96.3 Å². The van der Waals surface area contributed by atoms with Gasteiger partial charge in [-0.05, 0) is 26.3 Å². The van der Waals surface area contributed by atoms with Gasteiger partial charge in [-0.25, -0.2) is 0 Å². The fourth-order valence-corrected chi connectivity index (χ4v) is 1.92. The van der Waals surface area contributed by atoms with E-state index in [1.165, 1.54) is 13.0 Å². The van der Waals surface area contributed by atoms with Gasteiger partial charge in [0.15, 0.2) is 4.87 Å². The maximum atomic E-state index is 11.8. The molecule has 1 unspecified atom stereocenters. The zero-order chi connectivity index (χ0) is 12.8. The molecule has 0 aromatic heterocycles. The molecule has 0 bridgehead atoms. The van der Waals surface area contributed by atoms with Crippen molar-refractivity contribution < 1.29 is 17.4 Å². The van der Waals surface area contributed by atoms with Gasteiger partial charge in [0.1, 0.15) is 6.26 Å². The minimum Gasteiger partial charge on any atom is -0.389 e. The molecular formula is C10H17NO4S. The molecule has 5 nitrogen and oxygen atoms in total. The maximum absolute atomic E-state index is 11.8. The monoisotopic (exact) mass is 247 g/mol. The number of nitrogens with one attached hydrogen (secondary N) is 1. The van der Waals surface area contributed by atoms with Gasteiger partial charge in [-0.1, -0.05) is 19.6 Å². The Hall–Kier alpha value is -1.30. The van der Waals surface area contributed by atoms with Gasteiger partial charge in [-0.2, -0.15) is 8.42 Å². The second kappa shape index (κ2) is 5.69. The summed E-state index contributed by atoms with van der Waals surface area (Å²) >= 11 is 0. The first-order valence-electron chi connectivity index (χ1n) is 4.81. The summed E-state index contributed by atoms with van der Waals surface area (Å²) in [6.45, 7) is 7.91. The third-order valence-electron chi connectivity index (χ3n) is 2.12. The Bertz CT molecular complexity index is 386. The van der Waals surface area contributed by atoms with Crippen molar-refractivity contribution in [3.05, 3.63) is 25.0 Å². The van der Waals surface area contributed by atoms with Crippen LogP contribution < -0.4 is 5.32 Å². The molecule has 0 aromatic rings. The number of hydrogen-bond donors (Lipinski definition) is 1. The van der Waals surface area contributed by atoms with Crippen molar-refractivity contribution in [1.29, 1.82) is 0 Å². The summed E-state index contributed by atoms with van der Waals surface area (Å²) in [7, 11) is -3.91. The predicted octanol–water partition coefficient (Wildman–Crippen LogP) is 1.29. The highest BCUT2D eigenvalue weighted by atomic mass is 32.2. The van der Waals surface area contributed by atoms with Crippen molar-refractivity contribution in [2.45, 2.75) is 32.1 Å². The molecule has 0 aliphatic carbocycles. The summed E-state index contributed by atoms with van der Waals surface area (Å²) < 4.78 is 28.2. The average Bonchev–Trinajstić information content (AvgIpc) is 2.25. The lowest BCUT2D eigenvalue weighted by Gasteiger charge is -2.27. The van der Waals surface area contributed by atoms with Crippen LogP contribution >= 0.6 is 0 Å². The van der Waals surface area contributed by atoms with Crippen LogP contribution in [-0.2, 0) is 19.1 Å². The van der Waals surface area contributed by atoms with E-state index in [2.05, 4.69) is 16.1 Å². The molecule has 1 amide bonds. The first-order chi connectivity index (χ1) is 7.33.